The Bertz CT molecular complexity index is 327. The molecular formula is C21H36. The fraction of sp³-hybridized carbons (Fsp3) is 0.714. The number of unbranched alkanes of at least 4 members (excludes halogenated alkanes) is 7. The Labute approximate surface area is 133 Å². The zero-order valence-electron chi connectivity index (χ0n) is 14.6. The van der Waals surface area contributed by atoms with E-state index in [2.05, 4.69) is 51.1 Å². The first-order chi connectivity index (χ1) is 10.2. The Hall–Kier alpha value is -0.780. The summed E-state index contributed by atoms with van der Waals surface area (Å²) in [4.78, 5) is 0. The molecule has 0 saturated heterocycles. The van der Waals surface area contributed by atoms with Gasteiger partial charge in [0.25, 0.3) is 0 Å². The summed E-state index contributed by atoms with van der Waals surface area (Å²) in [7, 11) is 0. The molecule has 2 atom stereocenters. The molecule has 0 saturated carbocycles. The minimum atomic E-state index is 0.803. The maximum Gasteiger partial charge on any atom is -0.0250 e. The molecule has 0 aliphatic carbocycles. The van der Waals surface area contributed by atoms with Gasteiger partial charge in [-0.25, -0.2) is 0 Å². The van der Waals surface area contributed by atoms with Crippen LogP contribution >= 0.6 is 0 Å². The Morgan fingerprint density at radius 1 is 0.714 bits per heavy atom. The van der Waals surface area contributed by atoms with Crippen molar-refractivity contribution in [1.29, 1.82) is 0 Å². The van der Waals surface area contributed by atoms with Crippen LogP contribution in [0.4, 0.5) is 0 Å². The molecule has 0 nitrogen and oxygen atoms in total. The van der Waals surface area contributed by atoms with E-state index < -0.39 is 0 Å². The highest BCUT2D eigenvalue weighted by Crippen LogP contribution is 2.22. The minimum absolute atomic E-state index is 0.803. The van der Waals surface area contributed by atoms with Crippen molar-refractivity contribution in [3.05, 3.63) is 35.9 Å². The van der Waals surface area contributed by atoms with Crippen LogP contribution in [0.2, 0.25) is 0 Å². The van der Waals surface area contributed by atoms with Crippen molar-refractivity contribution in [2.75, 3.05) is 0 Å². The van der Waals surface area contributed by atoms with Crippen LogP contribution in [0.1, 0.15) is 84.1 Å². The lowest BCUT2D eigenvalue weighted by molar-refractivity contribution is 0.348. The molecular weight excluding hydrogens is 252 g/mol. The fourth-order valence-electron chi connectivity index (χ4n) is 3.07. The molecule has 0 spiro atoms. The van der Waals surface area contributed by atoms with Crippen molar-refractivity contribution < 1.29 is 0 Å². The predicted molar refractivity (Wildman–Crippen MR) is 95.7 cm³/mol. The summed E-state index contributed by atoms with van der Waals surface area (Å²) in [6.07, 6.45) is 14.1. The van der Waals surface area contributed by atoms with Gasteiger partial charge >= 0.3 is 0 Å². The van der Waals surface area contributed by atoms with Crippen LogP contribution in [0.15, 0.2) is 30.3 Å². The van der Waals surface area contributed by atoms with Crippen molar-refractivity contribution in [2.24, 2.45) is 11.8 Å². The van der Waals surface area contributed by atoms with Crippen LogP contribution in [0, 0.1) is 11.8 Å². The van der Waals surface area contributed by atoms with E-state index in [1.54, 1.807) is 0 Å². The number of rotatable bonds is 12. The third-order valence-electron chi connectivity index (χ3n) is 4.88. The van der Waals surface area contributed by atoms with Gasteiger partial charge in [0.05, 0.1) is 0 Å². The Morgan fingerprint density at radius 2 is 1.29 bits per heavy atom. The van der Waals surface area contributed by atoms with E-state index in [1.165, 1.54) is 69.8 Å². The lowest BCUT2D eigenvalue weighted by Crippen LogP contribution is -2.11. The molecule has 21 heavy (non-hydrogen) atoms. The zero-order chi connectivity index (χ0) is 15.3. The average molecular weight is 289 g/mol. The molecule has 1 aromatic rings. The highest BCUT2D eigenvalue weighted by Gasteiger charge is 2.12. The molecule has 0 aromatic heterocycles. The summed E-state index contributed by atoms with van der Waals surface area (Å²) < 4.78 is 0. The number of benzene rings is 1. The number of hydrogen-bond donors (Lipinski definition) is 0. The molecule has 0 fully saturated rings. The quantitative estimate of drug-likeness (QED) is 0.362. The van der Waals surface area contributed by atoms with Crippen molar-refractivity contribution in [2.45, 2.75) is 85.0 Å². The van der Waals surface area contributed by atoms with Gasteiger partial charge < -0.3 is 0 Å². The largest absolute Gasteiger partial charge is 0.0654 e. The third kappa shape index (κ3) is 8.96. The summed E-state index contributed by atoms with van der Waals surface area (Å²) in [5.74, 6) is 1.65. The van der Waals surface area contributed by atoms with Crippen LogP contribution in [-0.4, -0.2) is 0 Å². The van der Waals surface area contributed by atoms with Crippen LogP contribution in [0.3, 0.4) is 0 Å². The van der Waals surface area contributed by atoms with Gasteiger partial charge in [-0.3, -0.25) is 0 Å². The van der Waals surface area contributed by atoms with Gasteiger partial charge in [-0.05, 0) is 23.8 Å². The van der Waals surface area contributed by atoms with Crippen LogP contribution in [0.5, 0.6) is 0 Å². The number of hydrogen-bond acceptors (Lipinski definition) is 0. The van der Waals surface area contributed by atoms with Gasteiger partial charge in [0.1, 0.15) is 0 Å². The summed E-state index contributed by atoms with van der Waals surface area (Å²) in [6.45, 7) is 7.15. The van der Waals surface area contributed by atoms with Crippen LogP contribution < -0.4 is 0 Å². The second-order valence-electron chi connectivity index (χ2n) is 6.91. The smallest absolute Gasteiger partial charge is 0.0250 e. The third-order valence-corrected chi connectivity index (χ3v) is 4.88. The molecule has 0 aliphatic rings. The fourth-order valence-corrected chi connectivity index (χ4v) is 3.07. The molecule has 0 aliphatic heterocycles. The second kappa shape index (κ2) is 11.8. The van der Waals surface area contributed by atoms with Gasteiger partial charge in [0, 0.05) is 0 Å². The van der Waals surface area contributed by atoms with E-state index in [9.17, 15) is 0 Å². The lowest BCUT2D eigenvalue weighted by Gasteiger charge is -2.20. The molecule has 0 heterocycles. The maximum atomic E-state index is 2.44. The van der Waals surface area contributed by atoms with Crippen molar-refractivity contribution >= 4 is 0 Å². The molecule has 1 rings (SSSR count). The van der Waals surface area contributed by atoms with E-state index >= 15 is 0 Å². The van der Waals surface area contributed by atoms with E-state index in [-0.39, 0.29) is 0 Å². The molecule has 0 heteroatoms. The van der Waals surface area contributed by atoms with Crippen molar-refractivity contribution in [3.8, 4) is 0 Å². The summed E-state index contributed by atoms with van der Waals surface area (Å²) in [5, 5.41) is 0. The van der Waals surface area contributed by atoms with Gasteiger partial charge in [-0.2, -0.15) is 0 Å². The summed E-state index contributed by atoms with van der Waals surface area (Å²) in [6, 6.07) is 11.0. The summed E-state index contributed by atoms with van der Waals surface area (Å²) >= 11 is 0. The molecule has 1 aromatic carbocycles. The molecule has 2 unspecified atom stereocenters. The molecule has 0 bridgehead atoms. The monoisotopic (exact) mass is 288 g/mol. The molecule has 120 valence electrons. The van der Waals surface area contributed by atoms with E-state index in [1.807, 2.05) is 0 Å². The SMILES string of the molecule is CCCCCCCCCCC(C)C(C)Cc1ccccc1. The minimum Gasteiger partial charge on any atom is -0.0654 e. The second-order valence-corrected chi connectivity index (χ2v) is 6.91. The Kier molecular flexibility index (Phi) is 10.3. The molecule has 0 N–H and O–H groups in total. The maximum absolute atomic E-state index is 2.44. The first kappa shape index (κ1) is 18.3. The molecule has 0 amide bonds. The predicted octanol–water partition coefficient (Wildman–Crippen LogP) is 7.03. The summed E-state index contributed by atoms with van der Waals surface area (Å²) in [5.41, 5.74) is 1.49. The Morgan fingerprint density at radius 3 is 1.90 bits per heavy atom. The van der Waals surface area contributed by atoms with Crippen LogP contribution in [0.25, 0.3) is 0 Å². The van der Waals surface area contributed by atoms with E-state index in [4.69, 9.17) is 0 Å². The first-order valence-corrected chi connectivity index (χ1v) is 9.28. The molecule has 0 radical (unpaired) electrons. The topological polar surface area (TPSA) is 0 Å². The zero-order valence-corrected chi connectivity index (χ0v) is 14.6. The standard InChI is InChI=1S/C21H36/c1-4-5-6-7-8-9-10-12-15-19(2)20(3)18-21-16-13-11-14-17-21/h11,13-14,16-17,19-20H,4-10,12,15,18H2,1-3H3. The van der Waals surface area contributed by atoms with Gasteiger partial charge in [0.15, 0.2) is 0 Å². The highest BCUT2D eigenvalue weighted by molar-refractivity contribution is 5.15. The van der Waals surface area contributed by atoms with Gasteiger partial charge in [0.2, 0.25) is 0 Å². The van der Waals surface area contributed by atoms with E-state index in [0.29, 0.717) is 0 Å². The van der Waals surface area contributed by atoms with Gasteiger partial charge in [-0.1, -0.05) is 109 Å². The first-order valence-electron chi connectivity index (χ1n) is 9.28. The van der Waals surface area contributed by atoms with Gasteiger partial charge in [-0.15, -0.1) is 0 Å². The average Bonchev–Trinajstić information content (AvgIpc) is 2.50. The Balaban J connectivity index is 2.03. The normalized spacial score (nSPS) is 14.0. The van der Waals surface area contributed by atoms with Crippen molar-refractivity contribution in [1.82, 2.24) is 0 Å². The lowest BCUT2D eigenvalue weighted by atomic mass is 9.86. The van der Waals surface area contributed by atoms with E-state index in [0.717, 1.165) is 11.8 Å². The van der Waals surface area contributed by atoms with Crippen LogP contribution in [-0.2, 0) is 6.42 Å². The van der Waals surface area contributed by atoms with Crippen molar-refractivity contribution in [3.63, 3.8) is 0 Å². The highest BCUT2D eigenvalue weighted by atomic mass is 14.2.